The van der Waals surface area contributed by atoms with E-state index in [1.165, 1.54) is 30.6 Å². The molecule has 5 heteroatoms. The third kappa shape index (κ3) is 3.31. The van der Waals surface area contributed by atoms with E-state index in [4.69, 9.17) is 0 Å². The third-order valence-corrected chi connectivity index (χ3v) is 9.07. The molecule has 0 unspecified atom stereocenters. The maximum absolute atomic E-state index is 13.2. The van der Waals surface area contributed by atoms with Crippen LogP contribution in [0, 0.1) is 23.7 Å². The van der Waals surface area contributed by atoms with Crippen molar-refractivity contribution in [3.8, 4) is 0 Å². The van der Waals surface area contributed by atoms with Crippen molar-refractivity contribution in [2.45, 2.75) is 64.0 Å². The topological polar surface area (TPSA) is 43.9 Å². The Bertz CT molecular complexity index is 822. The van der Waals surface area contributed by atoms with Crippen molar-refractivity contribution >= 4 is 17.5 Å². The normalized spacial score (nSPS) is 33.5. The summed E-state index contributed by atoms with van der Waals surface area (Å²) in [6.07, 6.45) is 7.26. The van der Waals surface area contributed by atoms with Gasteiger partial charge in [-0.05, 0) is 62.5 Å². The molecule has 1 aromatic carbocycles. The molecule has 2 atom stereocenters. The lowest BCUT2D eigenvalue weighted by atomic mass is 9.73. The van der Waals surface area contributed by atoms with Crippen LogP contribution in [0.2, 0.25) is 0 Å². The summed E-state index contributed by atoms with van der Waals surface area (Å²) in [5.74, 6) is 1.36. The highest BCUT2D eigenvalue weighted by Gasteiger charge is 2.64. The van der Waals surface area contributed by atoms with Crippen LogP contribution in [-0.2, 0) is 9.59 Å². The summed E-state index contributed by atoms with van der Waals surface area (Å²) in [6, 6.07) is 11.1. The third-order valence-electron chi connectivity index (χ3n) is 9.07. The maximum Gasteiger partial charge on any atom is 0.235 e. The molecule has 3 heterocycles. The molecule has 2 amide bonds. The quantitative estimate of drug-likeness (QED) is 0.694. The molecule has 0 bridgehead atoms. The molecule has 31 heavy (non-hydrogen) atoms. The van der Waals surface area contributed by atoms with Crippen LogP contribution in [0.15, 0.2) is 30.3 Å². The lowest BCUT2D eigenvalue weighted by Crippen LogP contribution is -2.59. The molecule has 4 fully saturated rings. The van der Waals surface area contributed by atoms with Crippen LogP contribution in [0.1, 0.15) is 52.4 Å². The minimum absolute atomic E-state index is 0.0160. The Morgan fingerprint density at radius 3 is 2.19 bits per heavy atom. The number of carbonyl (C=O) groups is 2. The van der Waals surface area contributed by atoms with Gasteiger partial charge >= 0.3 is 0 Å². The van der Waals surface area contributed by atoms with Gasteiger partial charge in [-0.1, -0.05) is 32.0 Å². The van der Waals surface area contributed by atoms with Crippen LogP contribution in [0.4, 0.5) is 5.69 Å². The summed E-state index contributed by atoms with van der Waals surface area (Å²) in [5.41, 5.74) is 0.931. The van der Waals surface area contributed by atoms with Gasteiger partial charge in [0.15, 0.2) is 0 Å². The van der Waals surface area contributed by atoms with E-state index in [1.54, 1.807) is 7.05 Å². The van der Waals surface area contributed by atoms with Crippen molar-refractivity contribution in [2.24, 2.45) is 23.7 Å². The summed E-state index contributed by atoms with van der Waals surface area (Å²) in [4.78, 5) is 32.6. The standard InChI is InChI=1S/C26H37N3O2/c1-18(2)19-9-11-20(12-10-19)28-15-13-26(14-16-28)23-22(24(30)27(3)25(23)31)17-29(26)21-7-5-4-6-8-21/h4-8,18-20,22-23H,9-17H2,1-3H3/t19?,20?,22-,23+/m1/s1. The Kier molecular flexibility index (Phi) is 5.36. The van der Waals surface area contributed by atoms with E-state index < -0.39 is 0 Å². The van der Waals surface area contributed by atoms with Gasteiger partial charge in [-0.25, -0.2) is 0 Å². The molecule has 3 saturated heterocycles. The number of rotatable bonds is 3. The molecule has 5 rings (SSSR count). The highest BCUT2D eigenvalue weighted by Crippen LogP contribution is 2.51. The number of anilines is 1. The molecule has 5 nitrogen and oxygen atoms in total. The Hall–Kier alpha value is -1.88. The first kappa shape index (κ1) is 21.0. The second-order valence-corrected chi connectivity index (χ2v) is 10.7. The van der Waals surface area contributed by atoms with Gasteiger partial charge in [0.2, 0.25) is 11.8 Å². The lowest BCUT2D eigenvalue weighted by molar-refractivity contribution is -0.139. The first-order chi connectivity index (χ1) is 14.9. The zero-order valence-corrected chi connectivity index (χ0v) is 19.3. The lowest BCUT2D eigenvalue weighted by Gasteiger charge is -2.50. The number of fused-ring (bicyclic) bond motifs is 2. The van der Waals surface area contributed by atoms with Crippen molar-refractivity contribution in [2.75, 3.05) is 31.6 Å². The molecule has 1 saturated carbocycles. The first-order valence-corrected chi connectivity index (χ1v) is 12.3. The van der Waals surface area contributed by atoms with Crippen molar-refractivity contribution in [1.29, 1.82) is 0 Å². The van der Waals surface area contributed by atoms with E-state index in [0.717, 1.165) is 43.5 Å². The number of likely N-dealkylation sites (tertiary alicyclic amines) is 2. The van der Waals surface area contributed by atoms with Gasteiger partial charge in [0.05, 0.1) is 17.4 Å². The van der Waals surface area contributed by atoms with E-state index in [9.17, 15) is 9.59 Å². The predicted octanol–water partition coefficient (Wildman–Crippen LogP) is 3.79. The van der Waals surface area contributed by atoms with Crippen LogP contribution >= 0.6 is 0 Å². The summed E-state index contributed by atoms with van der Waals surface area (Å²) in [6.45, 7) is 7.47. The number of benzene rings is 1. The number of imide groups is 1. The number of carbonyl (C=O) groups excluding carboxylic acids is 2. The molecule has 1 spiro atoms. The van der Waals surface area contributed by atoms with Crippen molar-refractivity contribution in [3.05, 3.63) is 30.3 Å². The highest BCUT2D eigenvalue weighted by atomic mass is 16.2. The molecule has 0 N–H and O–H groups in total. The Labute approximate surface area is 186 Å². The molecule has 4 aliphatic rings. The smallest absolute Gasteiger partial charge is 0.235 e. The van der Waals surface area contributed by atoms with Gasteiger partial charge in [0.25, 0.3) is 0 Å². The van der Waals surface area contributed by atoms with Crippen molar-refractivity contribution in [3.63, 3.8) is 0 Å². The van der Waals surface area contributed by atoms with E-state index in [1.807, 2.05) is 6.07 Å². The molecule has 0 aromatic heterocycles. The summed E-state index contributed by atoms with van der Waals surface area (Å²) in [7, 11) is 1.67. The minimum atomic E-state index is -0.227. The maximum atomic E-state index is 13.2. The summed E-state index contributed by atoms with van der Waals surface area (Å²) < 4.78 is 0. The number of para-hydroxylation sites is 1. The number of hydrogen-bond acceptors (Lipinski definition) is 4. The Morgan fingerprint density at radius 2 is 1.58 bits per heavy atom. The van der Waals surface area contributed by atoms with E-state index in [0.29, 0.717) is 12.6 Å². The number of piperidine rings is 1. The van der Waals surface area contributed by atoms with Gasteiger partial charge < -0.3 is 9.80 Å². The fraction of sp³-hybridized carbons (Fsp3) is 0.692. The van der Waals surface area contributed by atoms with Crippen LogP contribution in [0.5, 0.6) is 0 Å². The number of hydrogen-bond donors (Lipinski definition) is 0. The predicted molar refractivity (Wildman–Crippen MR) is 123 cm³/mol. The van der Waals surface area contributed by atoms with Gasteiger partial charge in [-0.3, -0.25) is 14.5 Å². The fourth-order valence-corrected chi connectivity index (χ4v) is 7.18. The Balaban J connectivity index is 1.37. The number of nitrogens with zero attached hydrogens (tertiary/aromatic N) is 3. The van der Waals surface area contributed by atoms with E-state index in [2.05, 4.69) is 47.9 Å². The Morgan fingerprint density at radius 1 is 0.935 bits per heavy atom. The average molecular weight is 424 g/mol. The van der Waals surface area contributed by atoms with E-state index >= 15 is 0 Å². The molecule has 168 valence electrons. The zero-order chi connectivity index (χ0) is 21.8. The monoisotopic (exact) mass is 423 g/mol. The summed E-state index contributed by atoms with van der Waals surface area (Å²) in [5, 5.41) is 0. The number of amides is 2. The van der Waals surface area contributed by atoms with Gasteiger partial charge in [0.1, 0.15) is 0 Å². The second kappa shape index (κ2) is 7.91. The molecule has 1 aliphatic carbocycles. The van der Waals surface area contributed by atoms with Gasteiger partial charge in [-0.15, -0.1) is 0 Å². The highest BCUT2D eigenvalue weighted by molar-refractivity contribution is 6.07. The van der Waals surface area contributed by atoms with Crippen LogP contribution in [0.25, 0.3) is 0 Å². The fourth-order valence-electron chi connectivity index (χ4n) is 7.18. The van der Waals surface area contributed by atoms with Gasteiger partial charge in [0, 0.05) is 38.4 Å². The molecular formula is C26H37N3O2. The van der Waals surface area contributed by atoms with Crippen molar-refractivity contribution in [1.82, 2.24) is 9.80 Å². The van der Waals surface area contributed by atoms with Crippen LogP contribution in [-0.4, -0.2) is 59.9 Å². The van der Waals surface area contributed by atoms with Crippen molar-refractivity contribution < 1.29 is 9.59 Å². The second-order valence-electron chi connectivity index (χ2n) is 10.7. The van der Waals surface area contributed by atoms with Crippen LogP contribution in [0.3, 0.4) is 0 Å². The zero-order valence-electron chi connectivity index (χ0n) is 19.3. The molecular weight excluding hydrogens is 386 g/mol. The minimum Gasteiger partial charge on any atom is -0.364 e. The average Bonchev–Trinajstić information content (AvgIpc) is 3.23. The van der Waals surface area contributed by atoms with Gasteiger partial charge in [-0.2, -0.15) is 0 Å². The van der Waals surface area contributed by atoms with Crippen LogP contribution < -0.4 is 4.90 Å². The molecule has 3 aliphatic heterocycles. The SMILES string of the molecule is CC(C)C1CCC(N2CCC3(CC2)[C@@H]2C(=O)N(C)C(=O)[C@@H]2CN3c2ccccc2)CC1. The molecule has 0 radical (unpaired) electrons. The molecule has 1 aromatic rings. The van der Waals surface area contributed by atoms with E-state index in [-0.39, 0.29) is 29.2 Å². The summed E-state index contributed by atoms with van der Waals surface area (Å²) >= 11 is 0. The first-order valence-electron chi connectivity index (χ1n) is 12.3. The largest absolute Gasteiger partial charge is 0.364 e.